The van der Waals surface area contributed by atoms with Gasteiger partial charge in [0.2, 0.25) is 11.8 Å². The topological polar surface area (TPSA) is 174 Å². The largest absolute Gasteiger partial charge is 0.449 e. The van der Waals surface area contributed by atoms with Crippen LogP contribution in [-0.2, 0) is 9.47 Å². The normalized spacial score (nSPS) is 10.1. The van der Waals surface area contributed by atoms with Gasteiger partial charge in [0.25, 0.3) is 16.1 Å². The van der Waals surface area contributed by atoms with Gasteiger partial charge in [-0.15, -0.1) is 20.4 Å². The fraction of sp³-hybridized carbons (Fsp3) is 0.105. The van der Waals surface area contributed by atoms with Crippen LogP contribution < -0.4 is 0 Å². The van der Waals surface area contributed by atoms with Crippen molar-refractivity contribution in [3.05, 3.63) is 133 Å². The van der Waals surface area contributed by atoms with E-state index in [1.54, 1.807) is 24.3 Å². The Labute approximate surface area is 339 Å². The molecule has 2 aromatic heterocycles. The van der Waals surface area contributed by atoms with E-state index in [2.05, 4.69) is 75.9 Å². The summed E-state index contributed by atoms with van der Waals surface area (Å²) in [6.45, 7) is -0.0850. The lowest BCUT2D eigenvalue weighted by Gasteiger charge is -2.00. The molecule has 0 aliphatic rings. The van der Waals surface area contributed by atoms with E-state index in [9.17, 15) is 19.7 Å². The lowest BCUT2D eigenvalue weighted by Crippen LogP contribution is -2.05. The van der Waals surface area contributed by atoms with Crippen LogP contribution >= 0.6 is 55.4 Å². The molecule has 0 saturated heterocycles. The lowest BCUT2D eigenvalue weighted by atomic mass is 10.2. The van der Waals surface area contributed by atoms with Crippen LogP contribution in [0.2, 0.25) is 0 Å². The van der Waals surface area contributed by atoms with Gasteiger partial charge in [-0.2, -0.15) is 0 Å². The van der Waals surface area contributed by atoms with Crippen LogP contribution in [0, 0.1) is 33.8 Å². The second kappa shape index (κ2) is 21.2. The van der Waals surface area contributed by atoms with Crippen LogP contribution in [0.1, 0.15) is 20.7 Å². The number of hydrogen-bond donors (Lipinski definition) is 0. The SMILES string of the molecule is O=C(OCC#CCSc1nnc(-c2ccc(Br)cc2)o1)c1cccc([N+](=O)[O-])c1.O=C(OCC#CCSc1nnc(-c2ccc(Br)cc2)o1)c1ccccc1. The van der Waals surface area contributed by atoms with Crippen LogP contribution in [0.15, 0.2) is 131 Å². The number of hydrogen-bond acceptors (Lipinski definition) is 14. The van der Waals surface area contributed by atoms with Gasteiger partial charge in [0.05, 0.1) is 27.6 Å². The number of carbonyl (C=O) groups excluding carboxylic acids is 2. The maximum atomic E-state index is 11.9. The molecule has 276 valence electrons. The fourth-order valence-electron chi connectivity index (χ4n) is 4.04. The number of benzene rings is 4. The third kappa shape index (κ3) is 13.3. The molecule has 0 fully saturated rings. The van der Waals surface area contributed by atoms with Crippen LogP contribution in [0.25, 0.3) is 22.9 Å². The van der Waals surface area contributed by atoms with Gasteiger partial charge in [0.1, 0.15) is 0 Å². The van der Waals surface area contributed by atoms with Crippen molar-refractivity contribution < 1.29 is 32.8 Å². The predicted octanol–water partition coefficient (Wildman–Crippen LogP) is 8.81. The molecule has 0 amide bonds. The number of halogens is 2. The Kier molecular flexibility index (Phi) is 15.6. The third-order valence-electron chi connectivity index (χ3n) is 6.63. The van der Waals surface area contributed by atoms with Crippen LogP contribution in [0.5, 0.6) is 0 Å². The highest BCUT2D eigenvalue weighted by Crippen LogP contribution is 2.25. The highest BCUT2D eigenvalue weighted by Gasteiger charge is 2.13. The number of esters is 2. The molecule has 0 N–H and O–H groups in total. The first-order valence-corrected chi connectivity index (χ1v) is 19.3. The van der Waals surface area contributed by atoms with E-state index in [0.29, 0.717) is 39.3 Å². The third-order valence-corrected chi connectivity index (χ3v) is 9.09. The number of nitrogens with zero attached hydrogens (tertiary/aromatic N) is 5. The van der Waals surface area contributed by atoms with Crippen molar-refractivity contribution in [3.63, 3.8) is 0 Å². The molecule has 6 aromatic rings. The van der Waals surface area contributed by atoms with E-state index >= 15 is 0 Å². The number of rotatable bonds is 11. The van der Waals surface area contributed by atoms with Crippen molar-refractivity contribution in [2.45, 2.75) is 10.4 Å². The average Bonchev–Trinajstić information content (AvgIpc) is 3.89. The number of thioether (sulfide) groups is 2. The average molecular weight is 904 g/mol. The molecule has 0 bridgehead atoms. The molecular formula is C38H25Br2N5O8S2. The summed E-state index contributed by atoms with van der Waals surface area (Å²) < 4.78 is 23.1. The van der Waals surface area contributed by atoms with E-state index in [-0.39, 0.29) is 30.4 Å². The van der Waals surface area contributed by atoms with Gasteiger partial charge in [-0.05, 0) is 66.7 Å². The van der Waals surface area contributed by atoms with Gasteiger partial charge in [-0.3, -0.25) is 10.1 Å². The molecule has 55 heavy (non-hydrogen) atoms. The molecule has 0 aliphatic carbocycles. The second-order valence-corrected chi connectivity index (χ2v) is 14.1. The Hall–Kier alpha value is -5.72. The molecule has 4 aromatic carbocycles. The number of non-ortho nitro benzene ring substituents is 1. The quantitative estimate of drug-likeness (QED) is 0.0397. The Morgan fingerprint density at radius 2 is 1.11 bits per heavy atom. The Morgan fingerprint density at radius 1 is 0.636 bits per heavy atom. The number of carbonyl (C=O) groups is 2. The first kappa shape index (κ1) is 40.5. The lowest BCUT2D eigenvalue weighted by molar-refractivity contribution is -0.384. The van der Waals surface area contributed by atoms with Gasteiger partial charge in [0.15, 0.2) is 13.2 Å². The number of nitro benzene ring substituents is 1. The summed E-state index contributed by atoms with van der Waals surface area (Å²) in [7, 11) is 0. The predicted molar refractivity (Wildman–Crippen MR) is 212 cm³/mol. The van der Waals surface area contributed by atoms with Crippen molar-refractivity contribution in [2.75, 3.05) is 24.7 Å². The highest BCUT2D eigenvalue weighted by atomic mass is 79.9. The zero-order chi connectivity index (χ0) is 38.8. The van der Waals surface area contributed by atoms with Crippen LogP contribution in [0.4, 0.5) is 5.69 Å². The number of aromatic nitrogens is 4. The summed E-state index contributed by atoms with van der Waals surface area (Å²) >= 11 is 9.34. The van der Waals surface area contributed by atoms with E-state index in [1.165, 1.54) is 41.7 Å². The zero-order valence-corrected chi connectivity index (χ0v) is 33.0. The minimum absolute atomic E-state index is 0.0439. The smallest absolute Gasteiger partial charge is 0.339 e. The van der Waals surface area contributed by atoms with Gasteiger partial charge >= 0.3 is 11.9 Å². The molecule has 13 nitrogen and oxygen atoms in total. The van der Waals surface area contributed by atoms with E-state index < -0.39 is 10.9 Å². The van der Waals surface area contributed by atoms with Crippen molar-refractivity contribution in [1.29, 1.82) is 0 Å². The standard InChI is InChI=1S/C19H12BrN3O5S.C19H13BrN2O3S/c20-15-8-6-13(7-9-15)17-21-22-19(28-17)29-11-2-1-10-27-18(24)14-4-3-5-16(12-14)23(25)26;20-16-10-8-14(9-11-16)17-21-22-19(25-17)26-13-5-4-12-24-18(23)15-6-2-1-3-7-15/h3-9,12H,10-11H2;1-3,6-11H,12-13H2. The first-order chi connectivity index (χ1) is 26.7. The summed E-state index contributed by atoms with van der Waals surface area (Å²) in [5.41, 5.74) is 2.10. The van der Waals surface area contributed by atoms with Crippen molar-refractivity contribution in [3.8, 4) is 46.6 Å². The van der Waals surface area contributed by atoms with Gasteiger partial charge < -0.3 is 18.3 Å². The Bertz CT molecular complexity index is 2350. The van der Waals surface area contributed by atoms with E-state index in [1.807, 2.05) is 54.6 Å². The molecule has 2 heterocycles. The van der Waals surface area contributed by atoms with Gasteiger partial charge in [-0.25, -0.2) is 9.59 Å². The van der Waals surface area contributed by atoms with Crippen molar-refractivity contribution >= 4 is 73.0 Å². The molecule has 0 atom stereocenters. The molecule has 0 spiro atoms. The van der Waals surface area contributed by atoms with Crippen molar-refractivity contribution in [2.24, 2.45) is 0 Å². The minimum Gasteiger partial charge on any atom is -0.449 e. The second-order valence-electron chi connectivity index (χ2n) is 10.4. The molecule has 6 rings (SSSR count). The fourth-order valence-corrected chi connectivity index (χ4v) is 5.64. The minimum atomic E-state index is -0.674. The van der Waals surface area contributed by atoms with Crippen LogP contribution in [-0.4, -0.2) is 62.0 Å². The summed E-state index contributed by atoms with van der Waals surface area (Å²) in [4.78, 5) is 33.8. The molecule has 0 unspecified atom stereocenters. The Balaban J connectivity index is 0.000000212. The first-order valence-electron chi connectivity index (χ1n) is 15.7. The molecule has 0 aliphatic heterocycles. The van der Waals surface area contributed by atoms with Gasteiger partial charge in [0, 0.05) is 32.2 Å². The monoisotopic (exact) mass is 901 g/mol. The molecule has 0 radical (unpaired) electrons. The Morgan fingerprint density at radius 3 is 1.60 bits per heavy atom. The zero-order valence-electron chi connectivity index (χ0n) is 28.2. The molecule has 17 heteroatoms. The van der Waals surface area contributed by atoms with Crippen molar-refractivity contribution in [1.82, 2.24) is 20.4 Å². The van der Waals surface area contributed by atoms with Gasteiger partial charge in [-0.1, -0.05) is 103 Å². The summed E-state index contributed by atoms with van der Waals surface area (Å²) in [6.07, 6.45) is 0. The summed E-state index contributed by atoms with van der Waals surface area (Å²) in [6, 6.07) is 29.2. The summed E-state index contributed by atoms with van der Waals surface area (Å²) in [5.74, 6) is 11.9. The highest BCUT2D eigenvalue weighted by molar-refractivity contribution is 9.10. The van der Waals surface area contributed by atoms with Crippen LogP contribution in [0.3, 0.4) is 0 Å². The maximum Gasteiger partial charge on any atom is 0.339 e. The van der Waals surface area contributed by atoms with E-state index in [4.69, 9.17) is 18.3 Å². The maximum absolute atomic E-state index is 11.9. The molecule has 0 saturated carbocycles. The molecular weight excluding hydrogens is 878 g/mol. The number of ether oxygens (including phenoxy) is 2. The summed E-state index contributed by atoms with van der Waals surface area (Å²) in [5, 5.41) is 27.5. The van der Waals surface area contributed by atoms with E-state index in [0.717, 1.165) is 26.1 Å². The number of nitro groups is 1.